The second kappa shape index (κ2) is 8.03. The van der Waals surface area contributed by atoms with Crippen LogP contribution in [0, 0.1) is 11.8 Å². The molecule has 5 amide bonds. The summed E-state index contributed by atoms with van der Waals surface area (Å²) in [6, 6.07) is 7.70. The number of anilines is 1. The van der Waals surface area contributed by atoms with Crippen molar-refractivity contribution in [2.45, 2.75) is 19.0 Å². The average molecular weight is 433 g/mol. The van der Waals surface area contributed by atoms with Gasteiger partial charge in [0.05, 0.1) is 13.7 Å². The van der Waals surface area contributed by atoms with Crippen LogP contribution in [0.4, 0.5) is 10.6 Å². The molecule has 0 bridgehead atoms. The first-order valence-electron chi connectivity index (χ1n) is 9.66. The molecule has 162 valence electrons. The number of fused-ring (bicyclic) bond motifs is 1. The Balaban J connectivity index is 1.60. The molecular formula is C22H19N5O5. The lowest BCUT2D eigenvalue weighted by molar-refractivity contribution is -0.122. The van der Waals surface area contributed by atoms with E-state index >= 15 is 0 Å². The van der Waals surface area contributed by atoms with E-state index in [1.54, 1.807) is 30.3 Å². The summed E-state index contributed by atoms with van der Waals surface area (Å²) in [7, 11) is 1.51. The lowest BCUT2D eigenvalue weighted by atomic mass is 9.99. The number of urea groups is 1. The van der Waals surface area contributed by atoms with Gasteiger partial charge in [-0.2, -0.15) is 0 Å². The predicted octanol–water partition coefficient (Wildman–Crippen LogP) is 0.634. The summed E-state index contributed by atoms with van der Waals surface area (Å²) in [6.45, 7) is 1.51. The van der Waals surface area contributed by atoms with Crippen molar-refractivity contribution >= 4 is 29.6 Å². The van der Waals surface area contributed by atoms with Gasteiger partial charge in [0.15, 0.2) is 0 Å². The molecule has 1 fully saturated rings. The maximum atomic E-state index is 12.9. The molecule has 3 N–H and O–H groups in total. The molecule has 3 heterocycles. The van der Waals surface area contributed by atoms with E-state index in [9.17, 15) is 19.2 Å². The zero-order valence-corrected chi connectivity index (χ0v) is 17.3. The fraction of sp³-hybridized carbons (Fsp3) is 0.227. The molecule has 1 aromatic carbocycles. The van der Waals surface area contributed by atoms with E-state index in [0.29, 0.717) is 22.7 Å². The summed E-state index contributed by atoms with van der Waals surface area (Å²) < 4.78 is 5.18. The fourth-order valence-corrected chi connectivity index (χ4v) is 3.51. The third-order valence-corrected chi connectivity index (χ3v) is 5.05. The number of rotatable bonds is 4. The number of ether oxygens (including phenoxy) is 1. The van der Waals surface area contributed by atoms with E-state index in [4.69, 9.17) is 4.74 Å². The van der Waals surface area contributed by atoms with Crippen LogP contribution in [-0.4, -0.2) is 52.8 Å². The van der Waals surface area contributed by atoms with Gasteiger partial charge in [-0.15, -0.1) is 0 Å². The number of benzene rings is 1. The molecule has 10 heteroatoms. The number of nitrogens with zero attached hydrogens (tertiary/aromatic N) is 2. The molecule has 0 radical (unpaired) electrons. The summed E-state index contributed by atoms with van der Waals surface area (Å²) in [5, 5.41) is 7.29. The fourth-order valence-electron chi connectivity index (χ4n) is 3.51. The Morgan fingerprint density at radius 2 is 2.09 bits per heavy atom. The largest absolute Gasteiger partial charge is 0.497 e. The molecule has 32 heavy (non-hydrogen) atoms. The van der Waals surface area contributed by atoms with Crippen LogP contribution in [0.15, 0.2) is 36.5 Å². The second-order valence-electron chi connectivity index (χ2n) is 7.36. The molecule has 0 unspecified atom stereocenters. The molecule has 0 saturated carbocycles. The first-order chi connectivity index (χ1) is 15.3. The highest BCUT2D eigenvalue weighted by Gasteiger charge is 2.48. The Hall–Kier alpha value is -4.39. The van der Waals surface area contributed by atoms with Gasteiger partial charge < -0.3 is 20.3 Å². The van der Waals surface area contributed by atoms with Gasteiger partial charge in [0.25, 0.3) is 11.8 Å². The van der Waals surface area contributed by atoms with E-state index in [-0.39, 0.29) is 24.9 Å². The molecular weight excluding hydrogens is 414 g/mol. The Kier molecular flexibility index (Phi) is 5.24. The van der Waals surface area contributed by atoms with Crippen molar-refractivity contribution in [3.05, 3.63) is 53.2 Å². The molecule has 2 aromatic rings. The number of hydrogen-bond acceptors (Lipinski definition) is 6. The molecule has 0 spiro atoms. The van der Waals surface area contributed by atoms with Crippen LogP contribution in [0.2, 0.25) is 0 Å². The van der Waals surface area contributed by atoms with E-state index in [1.165, 1.54) is 25.1 Å². The average Bonchev–Trinajstić information content (AvgIpc) is 3.22. The van der Waals surface area contributed by atoms with Crippen molar-refractivity contribution < 1.29 is 23.9 Å². The highest BCUT2D eigenvalue weighted by Crippen LogP contribution is 2.28. The lowest BCUT2D eigenvalue weighted by Crippen LogP contribution is -2.54. The predicted molar refractivity (Wildman–Crippen MR) is 113 cm³/mol. The maximum Gasteiger partial charge on any atom is 0.323 e. The van der Waals surface area contributed by atoms with Crippen LogP contribution in [0.1, 0.15) is 28.4 Å². The van der Waals surface area contributed by atoms with E-state index in [1.807, 2.05) is 0 Å². The molecule has 10 nitrogen and oxygen atoms in total. The summed E-state index contributed by atoms with van der Waals surface area (Å²) in [5.41, 5.74) is 0.124. The first kappa shape index (κ1) is 20.9. The smallest absolute Gasteiger partial charge is 0.323 e. The SMILES string of the molecule is COc1ccc2c(c1)C(=O)N(C[C@@]1(C#Cc3ccc(NC(C)=O)nc3)NC(=O)NC1=O)C2. The van der Waals surface area contributed by atoms with Crippen LogP contribution in [0.5, 0.6) is 5.75 Å². The molecule has 0 aliphatic carbocycles. The number of amides is 5. The number of imide groups is 1. The highest BCUT2D eigenvalue weighted by molar-refractivity contribution is 6.10. The Morgan fingerprint density at radius 3 is 2.72 bits per heavy atom. The topological polar surface area (TPSA) is 130 Å². The third kappa shape index (κ3) is 3.96. The summed E-state index contributed by atoms with van der Waals surface area (Å²) in [5.74, 6) is 5.37. The zero-order valence-electron chi connectivity index (χ0n) is 17.3. The van der Waals surface area contributed by atoms with E-state index < -0.39 is 17.5 Å². The number of hydrogen-bond donors (Lipinski definition) is 3. The van der Waals surface area contributed by atoms with Crippen LogP contribution in [-0.2, 0) is 16.1 Å². The van der Waals surface area contributed by atoms with E-state index in [2.05, 4.69) is 32.8 Å². The minimum Gasteiger partial charge on any atom is -0.497 e. The minimum atomic E-state index is -1.62. The quantitative estimate of drug-likeness (QED) is 0.479. The van der Waals surface area contributed by atoms with Crippen LogP contribution < -0.4 is 20.7 Å². The first-order valence-corrected chi connectivity index (χ1v) is 9.66. The normalized spacial score (nSPS) is 18.9. The van der Waals surface area contributed by atoms with E-state index in [0.717, 1.165) is 5.56 Å². The Bertz CT molecular complexity index is 1200. The van der Waals surface area contributed by atoms with Crippen LogP contribution >= 0.6 is 0 Å². The van der Waals surface area contributed by atoms with Crippen molar-refractivity contribution in [2.24, 2.45) is 0 Å². The van der Waals surface area contributed by atoms with Gasteiger partial charge in [-0.05, 0) is 29.8 Å². The monoisotopic (exact) mass is 433 g/mol. The Labute approximate surface area is 183 Å². The van der Waals surface area contributed by atoms with Crippen molar-refractivity contribution in [1.29, 1.82) is 0 Å². The number of carbonyl (C=O) groups excluding carboxylic acids is 4. The number of methoxy groups -OCH3 is 1. The van der Waals surface area contributed by atoms with Crippen molar-refractivity contribution in [2.75, 3.05) is 19.0 Å². The number of pyridine rings is 1. The Morgan fingerprint density at radius 1 is 1.28 bits per heavy atom. The molecule has 4 rings (SSSR count). The van der Waals surface area contributed by atoms with Gasteiger partial charge in [-0.25, -0.2) is 9.78 Å². The highest BCUT2D eigenvalue weighted by atomic mass is 16.5. The van der Waals surface area contributed by atoms with Crippen molar-refractivity contribution in [1.82, 2.24) is 20.5 Å². The van der Waals surface area contributed by atoms with Crippen LogP contribution in [0.25, 0.3) is 0 Å². The molecule has 1 aromatic heterocycles. The third-order valence-electron chi connectivity index (χ3n) is 5.05. The maximum absolute atomic E-state index is 12.9. The number of nitrogens with one attached hydrogen (secondary N) is 3. The summed E-state index contributed by atoms with van der Waals surface area (Å²) >= 11 is 0. The van der Waals surface area contributed by atoms with Crippen molar-refractivity contribution in [3.8, 4) is 17.6 Å². The van der Waals surface area contributed by atoms with Gasteiger partial charge in [0.1, 0.15) is 11.6 Å². The molecule has 2 aliphatic rings. The number of carbonyl (C=O) groups is 4. The zero-order chi connectivity index (χ0) is 22.9. The molecule has 2 aliphatic heterocycles. The van der Waals surface area contributed by atoms with Crippen molar-refractivity contribution in [3.63, 3.8) is 0 Å². The molecule has 1 saturated heterocycles. The van der Waals surface area contributed by atoms with Gasteiger partial charge in [0.2, 0.25) is 11.4 Å². The summed E-state index contributed by atoms with van der Waals surface area (Å²) in [4.78, 5) is 54.1. The standard InChI is InChI=1S/C22H19N5O5/c1-13(28)24-18-6-3-14(10-23-18)7-8-22(20(30)25-21(31)26-22)12-27-11-15-4-5-16(32-2)9-17(15)19(27)29/h3-6,9-10H,11-12H2,1-2H3,(H,23,24,28)(H2,25,26,30,31)/t22-/m1/s1. The van der Waals surface area contributed by atoms with Gasteiger partial charge in [-0.1, -0.05) is 17.9 Å². The lowest BCUT2D eigenvalue weighted by Gasteiger charge is -2.26. The van der Waals surface area contributed by atoms with Gasteiger partial charge in [-0.3, -0.25) is 19.7 Å². The van der Waals surface area contributed by atoms with Gasteiger partial charge in [0, 0.05) is 30.8 Å². The number of aromatic nitrogens is 1. The minimum absolute atomic E-state index is 0.134. The van der Waals surface area contributed by atoms with Gasteiger partial charge >= 0.3 is 6.03 Å². The second-order valence-corrected chi connectivity index (χ2v) is 7.36. The van der Waals surface area contributed by atoms with Crippen LogP contribution in [0.3, 0.4) is 0 Å². The summed E-state index contributed by atoms with van der Waals surface area (Å²) in [6.07, 6.45) is 1.43. The molecule has 1 atom stereocenters.